The van der Waals surface area contributed by atoms with Crippen LogP contribution >= 0.6 is 0 Å². The third-order valence-corrected chi connectivity index (χ3v) is 5.11. The first kappa shape index (κ1) is 18.7. The van der Waals surface area contributed by atoms with Crippen molar-refractivity contribution in [2.45, 2.75) is 19.5 Å². The molecule has 3 aromatic rings. The van der Waals surface area contributed by atoms with Gasteiger partial charge in [0, 0.05) is 25.2 Å². The van der Waals surface area contributed by atoms with Crippen LogP contribution in [0.15, 0.2) is 72.0 Å². The fourth-order valence-corrected chi connectivity index (χ4v) is 3.64. The topological polar surface area (TPSA) is 75.4 Å². The molecule has 1 aromatic heterocycles. The molecule has 146 valence electrons. The van der Waals surface area contributed by atoms with E-state index in [2.05, 4.69) is 16.9 Å². The standard InChI is InChI=1S/C23H21N3O3/c1-2-20(27)26-12-11-19-17(9-6-10-18(19)14-26)13-24-23(28)22-21(25-15-29-22)16-7-4-3-5-8-16/h2-10,15H,1,11-14H2,(H,24,28). The van der Waals surface area contributed by atoms with E-state index in [0.29, 0.717) is 25.3 Å². The molecule has 0 spiro atoms. The zero-order chi connectivity index (χ0) is 20.2. The summed E-state index contributed by atoms with van der Waals surface area (Å²) in [6.07, 6.45) is 3.38. The highest BCUT2D eigenvalue weighted by atomic mass is 16.3. The molecule has 1 N–H and O–H groups in total. The molecule has 1 aliphatic heterocycles. The van der Waals surface area contributed by atoms with Gasteiger partial charge in [-0.2, -0.15) is 0 Å². The molecule has 6 heteroatoms. The second-order valence-electron chi connectivity index (χ2n) is 6.85. The number of carbonyl (C=O) groups is 2. The largest absolute Gasteiger partial charge is 0.438 e. The Kier molecular flexibility index (Phi) is 5.24. The van der Waals surface area contributed by atoms with Gasteiger partial charge in [0.2, 0.25) is 11.7 Å². The average molecular weight is 387 g/mol. The van der Waals surface area contributed by atoms with Crippen molar-refractivity contribution in [2.24, 2.45) is 0 Å². The summed E-state index contributed by atoms with van der Waals surface area (Å²) in [6.45, 7) is 5.14. The van der Waals surface area contributed by atoms with Gasteiger partial charge in [0.15, 0.2) is 6.39 Å². The van der Waals surface area contributed by atoms with Crippen molar-refractivity contribution in [2.75, 3.05) is 6.54 Å². The lowest BCUT2D eigenvalue weighted by molar-refractivity contribution is -0.126. The molecular weight excluding hydrogens is 366 g/mol. The normalized spacial score (nSPS) is 12.9. The van der Waals surface area contributed by atoms with E-state index in [-0.39, 0.29) is 17.6 Å². The summed E-state index contributed by atoms with van der Waals surface area (Å²) in [5.41, 5.74) is 4.68. The molecule has 2 heterocycles. The number of hydrogen-bond donors (Lipinski definition) is 1. The van der Waals surface area contributed by atoms with Crippen LogP contribution in [0.1, 0.15) is 27.2 Å². The van der Waals surface area contributed by atoms with Gasteiger partial charge in [0.25, 0.3) is 5.91 Å². The summed E-state index contributed by atoms with van der Waals surface area (Å²) in [5.74, 6) is -0.171. The molecule has 2 amide bonds. The summed E-state index contributed by atoms with van der Waals surface area (Å²) in [7, 11) is 0. The first-order valence-electron chi connectivity index (χ1n) is 9.45. The number of benzene rings is 2. The van der Waals surface area contributed by atoms with Crippen LogP contribution in [-0.2, 0) is 24.3 Å². The summed E-state index contributed by atoms with van der Waals surface area (Å²) >= 11 is 0. The van der Waals surface area contributed by atoms with Crippen LogP contribution in [0.25, 0.3) is 11.3 Å². The molecule has 29 heavy (non-hydrogen) atoms. The molecule has 0 aliphatic carbocycles. The molecule has 0 bridgehead atoms. The van der Waals surface area contributed by atoms with Gasteiger partial charge in [0.05, 0.1) is 0 Å². The molecule has 1 aliphatic rings. The van der Waals surface area contributed by atoms with Crippen molar-refractivity contribution in [1.29, 1.82) is 0 Å². The lowest BCUT2D eigenvalue weighted by atomic mass is 9.94. The maximum absolute atomic E-state index is 12.7. The molecular formula is C23H21N3O3. The first-order chi connectivity index (χ1) is 14.2. The zero-order valence-corrected chi connectivity index (χ0v) is 15.9. The Morgan fingerprint density at radius 1 is 1.17 bits per heavy atom. The number of fused-ring (bicyclic) bond motifs is 1. The Morgan fingerprint density at radius 3 is 2.79 bits per heavy atom. The molecule has 6 nitrogen and oxygen atoms in total. The Balaban J connectivity index is 1.49. The van der Waals surface area contributed by atoms with E-state index in [1.54, 1.807) is 4.90 Å². The lowest BCUT2D eigenvalue weighted by Crippen LogP contribution is -2.35. The third-order valence-electron chi connectivity index (χ3n) is 5.11. The van der Waals surface area contributed by atoms with Crippen molar-refractivity contribution < 1.29 is 14.0 Å². The predicted molar refractivity (Wildman–Crippen MR) is 109 cm³/mol. The van der Waals surface area contributed by atoms with Gasteiger partial charge < -0.3 is 14.6 Å². The van der Waals surface area contributed by atoms with E-state index in [1.807, 2.05) is 48.5 Å². The quantitative estimate of drug-likeness (QED) is 0.682. The molecule has 0 fully saturated rings. The Bertz CT molecular complexity index is 1060. The van der Waals surface area contributed by atoms with Crippen LogP contribution in [-0.4, -0.2) is 28.2 Å². The van der Waals surface area contributed by atoms with E-state index < -0.39 is 0 Å². The van der Waals surface area contributed by atoms with Crippen LogP contribution in [0.3, 0.4) is 0 Å². The van der Waals surface area contributed by atoms with E-state index in [1.165, 1.54) is 18.0 Å². The minimum atomic E-state index is -0.307. The van der Waals surface area contributed by atoms with Gasteiger partial charge in [0.1, 0.15) is 5.69 Å². The summed E-state index contributed by atoms with van der Waals surface area (Å²) in [6, 6.07) is 15.4. The van der Waals surface area contributed by atoms with Crippen molar-refractivity contribution in [3.63, 3.8) is 0 Å². The van der Waals surface area contributed by atoms with Crippen LogP contribution in [0.2, 0.25) is 0 Å². The Hall–Kier alpha value is -3.67. The van der Waals surface area contributed by atoms with Crippen molar-refractivity contribution in [3.8, 4) is 11.3 Å². The maximum atomic E-state index is 12.7. The van der Waals surface area contributed by atoms with Crippen LogP contribution < -0.4 is 5.32 Å². The average Bonchev–Trinajstić information content (AvgIpc) is 3.27. The summed E-state index contributed by atoms with van der Waals surface area (Å²) in [4.78, 5) is 30.6. The molecule has 0 unspecified atom stereocenters. The third kappa shape index (κ3) is 3.82. The second-order valence-corrected chi connectivity index (χ2v) is 6.85. The maximum Gasteiger partial charge on any atom is 0.289 e. The number of rotatable bonds is 5. The van der Waals surface area contributed by atoms with E-state index >= 15 is 0 Å². The van der Waals surface area contributed by atoms with Crippen molar-refractivity contribution in [1.82, 2.24) is 15.2 Å². The molecule has 0 radical (unpaired) electrons. The predicted octanol–water partition coefficient (Wildman–Crippen LogP) is 3.34. The van der Waals surface area contributed by atoms with Crippen molar-refractivity contribution >= 4 is 11.8 Å². The molecule has 0 saturated heterocycles. The SMILES string of the molecule is C=CC(=O)N1CCc2c(CNC(=O)c3ocnc3-c3ccccc3)cccc2C1. The van der Waals surface area contributed by atoms with Gasteiger partial charge in [-0.3, -0.25) is 9.59 Å². The van der Waals surface area contributed by atoms with Crippen LogP contribution in [0.4, 0.5) is 0 Å². The van der Waals surface area contributed by atoms with Gasteiger partial charge in [-0.05, 0) is 29.2 Å². The van der Waals surface area contributed by atoms with Crippen LogP contribution in [0.5, 0.6) is 0 Å². The number of oxazole rings is 1. The fourth-order valence-electron chi connectivity index (χ4n) is 3.64. The molecule has 0 saturated carbocycles. The van der Waals surface area contributed by atoms with Gasteiger partial charge >= 0.3 is 0 Å². The van der Waals surface area contributed by atoms with Gasteiger partial charge in [-0.25, -0.2) is 4.98 Å². The zero-order valence-electron chi connectivity index (χ0n) is 15.9. The number of aromatic nitrogens is 1. The minimum Gasteiger partial charge on any atom is -0.438 e. The number of nitrogens with zero attached hydrogens (tertiary/aromatic N) is 2. The Labute approximate surface area is 168 Å². The number of amides is 2. The van der Waals surface area contributed by atoms with Gasteiger partial charge in [-0.15, -0.1) is 0 Å². The second kappa shape index (κ2) is 8.14. The number of nitrogens with one attached hydrogen (secondary N) is 1. The molecule has 0 atom stereocenters. The van der Waals surface area contributed by atoms with Crippen molar-refractivity contribution in [3.05, 3.63) is 90.0 Å². The Morgan fingerprint density at radius 2 is 2.00 bits per heavy atom. The first-order valence-corrected chi connectivity index (χ1v) is 9.45. The minimum absolute atomic E-state index is 0.0619. The lowest BCUT2D eigenvalue weighted by Gasteiger charge is -2.29. The highest BCUT2D eigenvalue weighted by Crippen LogP contribution is 2.24. The van der Waals surface area contributed by atoms with E-state index in [0.717, 1.165) is 23.1 Å². The molecule has 2 aromatic carbocycles. The number of carbonyl (C=O) groups excluding carboxylic acids is 2. The summed E-state index contributed by atoms with van der Waals surface area (Å²) in [5, 5.41) is 2.94. The molecule has 4 rings (SSSR count). The summed E-state index contributed by atoms with van der Waals surface area (Å²) < 4.78 is 5.36. The fraction of sp³-hybridized carbons (Fsp3) is 0.174. The number of hydrogen-bond acceptors (Lipinski definition) is 4. The van der Waals surface area contributed by atoms with E-state index in [9.17, 15) is 9.59 Å². The van der Waals surface area contributed by atoms with E-state index in [4.69, 9.17) is 4.42 Å². The monoisotopic (exact) mass is 387 g/mol. The van der Waals surface area contributed by atoms with Gasteiger partial charge in [-0.1, -0.05) is 55.1 Å². The van der Waals surface area contributed by atoms with Crippen LogP contribution in [0, 0.1) is 0 Å². The smallest absolute Gasteiger partial charge is 0.289 e. The highest BCUT2D eigenvalue weighted by molar-refractivity contribution is 5.97. The highest BCUT2D eigenvalue weighted by Gasteiger charge is 2.22.